The van der Waals surface area contributed by atoms with Crippen LogP contribution in [0.1, 0.15) is 44.1 Å². The van der Waals surface area contributed by atoms with Gasteiger partial charge in [-0.2, -0.15) is 0 Å². The first kappa shape index (κ1) is 12.0. The Morgan fingerprint density at radius 1 is 1.17 bits per heavy atom. The zero-order valence-electron chi connectivity index (χ0n) is 10.9. The molecule has 3 rings (SSSR count). The molecule has 1 aliphatic heterocycles. The maximum atomic E-state index is 9.76. The molecule has 0 aromatic heterocycles. The van der Waals surface area contributed by atoms with Gasteiger partial charge >= 0.3 is 0 Å². The largest absolute Gasteiger partial charge is 0.490 e. The second-order valence-electron chi connectivity index (χ2n) is 5.97. The Balaban J connectivity index is 1.67. The lowest BCUT2D eigenvalue weighted by molar-refractivity contribution is 0.0371. The summed E-state index contributed by atoms with van der Waals surface area (Å²) in [4.78, 5) is 0. The van der Waals surface area contributed by atoms with Crippen molar-refractivity contribution < 1.29 is 9.84 Å². The van der Waals surface area contributed by atoms with Crippen molar-refractivity contribution in [2.24, 2.45) is 5.41 Å². The Bertz CT molecular complexity index is 382. The van der Waals surface area contributed by atoms with E-state index in [1.54, 1.807) is 0 Å². The van der Waals surface area contributed by atoms with E-state index in [0.29, 0.717) is 6.61 Å². The lowest BCUT2D eigenvalue weighted by Gasteiger charge is -2.37. The second-order valence-corrected chi connectivity index (χ2v) is 5.97. The summed E-state index contributed by atoms with van der Waals surface area (Å²) < 4.78 is 6.03. The van der Waals surface area contributed by atoms with E-state index in [4.69, 9.17) is 4.74 Å². The molecular weight excluding hydrogens is 224 g/mol. The Morgan fingerprint density at radius 2 is 1.94 bits per heavy atom. The molecule has 1 saturated carbocycles. The van der Waals surface area contributed by atoms with Crippen LogP contribution in [-0.2, 0) is 6.42 Å². The quantitative estimate of drug-likeness (QED) is 0.886. The van der Waals surface area contributed by atoms with Crippen LogP contribution in [0.15, 0.2) is 24.3 Å². The monoisotopic (exact) mass is 246 g/mol. The van der Waals surface area contributed by atoms with Crippen LogP contribution in [0.2, 0.25) is 0 Å². The Morgan fingerprint density at radius 3 is 2.67 bits per heavy atom. The highest BCUT2D eigenvalue weighted by Gasteiger charge is 2.36. The highest BCUT2D eigenvalue weighted by molar-refractivity contribution is 5.37. The lowest BCUT2D eigenvalue weighted by Crippen LogP contribution is -2.34. The highest BCUT2D eigenvalue weighted by Crippen LogP contribution is 2.42. The summed E-state index contributed by atoms with van der Waals surface area (Å²) in [5.41, 5.74) is 1.46. The fourth-order valence-electron chi connectivity index (χ4n) is 3.58. The minimum absolute atomic E-state index is 0.130. The molecule has 1 unspecified atom stereocenters. The van der Waals surface area contributed by atoms with Gasteiger partial charge in [0, 0.05) is 13.0 Å². The third-order valence-electron chi connectivity index (χ3n) is 4.62. The average Bonchev–Trinajstić information content (AvgIpc) is 2.81. The van der Waals surface area contributed by atoms with Crippen LogP contribution in [0.4, 0.5) is 0 Å². The van der Waals surface area contributed by atoms with Crippen molar-refractivity contribution in [3.63, 3.8) is 0 Å². The van der Waals surface area contributed by atoms with Gasteiger partial charge in [0.05, 0.1) is 0 Å². The molecule has 1 aromatic carbocycles. The highest BCUT2D eigenvalue weighted by atomic mass is 16.5. The van der Waals surface area contributed by atoms with Crippen molar-refractivity contribution >= 4 is 0 Å². The Labute approximate surface area is 109 Å². The molecule has 2 aliphatic rings. The zero-order chi connectivity index (χ0) is 12.4. The Hall–Kier alpha value is -1.02. The molecule has 0 spiro atoms. The van der Waals surface area contributed by atoms with Crippen LogP contribution in [0.3, 0.4) is 0 Å². The van der Waals surface area contributed by atoms with Crippen LogP contribution >= 0.6 is 0 Å². The number of hydrogen-bond acceptors (Lipinski definition) is 2. The van der Waals surface area contributed by atoms with Crippen molar-refractivity contribution in [3.05, 3.63) is 29.8 Å². The van der Waals surface area contributed by atoms with Crippen molar-refractivity contribution in [2.75, 3.05) is 6.61 Å². The van der Waals surface area contributed by atoms with Gasteiger partial charge in [-0.05, 0) is 36.3 Å². The number of benzene rings is 1. The van der Waals surface area contributed by atoms with Crippen molar-refractivity contribution in [3.8, 4) is 5.75 Å². The first-order chi connectivity index (χ1) is 8.81. The first-order valence-corrected chi connectivity index (χ1v) is 7.17. The summed E-state index contributed by atoms with van der Waals surface area (Å²) in [6.07, 6.45) is 8.48. The molecule has 0 radical (unpaired) electrons. The maximum absolute atomic E-state index is 9.76. The van der Waals surface area contributed by atoms with Crippen molar-refractivity contribution in [1.29, 1.82) is 0 Å². The molecule has 2 heteroatoms. The summed E-state index contributed by atoms with van der Waals surface area (Å²) in [6.45, 7) is 0.323. The summed E-state index contributed by atoms with van der Waals surface area (Å²) in [5, 5.41) is 9.76. The molecule has 1 N–H and O–H groups in total. The van der Waals surface area contributed by atoms with Crippen LogP contribution in [0.5, 0.6) is 5.75 Å². The molecule has 0 amide bonds. The predicted molar refractivity (Wildman–Crippen MR) is 71.8 cm³/mol. The number of para-hydroxylation sites is 1. The first-order valence-electron chi connectivity index (χ1n) is 7.17. The maximum Gasteiger partial charge on any atom is 0.123 e. The summed E-state index contributed by atoms with van der Waals surface area (Å²) in [5.74, 6) is 1.05. The fourth-order valence-corrected chi connectivity index (χ4v) is 3.58. The second kappa shape index (κ2) is 4.93. The number of aliphatic hydroxyl groups excluding tert-OH is 1. The SMILES string of the molecule is OCC1(CC2Cc3ccccc3O2)CCCCC1. The topological polar surface area (TPSA) is 29.5 Å². The van der Waals surface area contributed by atoms with Gasteiger partial charge in [-0.15, -0.1) is 0 Å². The third kappa shape index (κ3) is 2.26. The van der Waals surface area contributed by atoms with Gasteiger partial charge in [0.2, 0.25) is 0 Å². The van der Waals surface area contributed by atoms with Gasteiger partial charge in [0.25, 0.3) is 0 Å². The predicted octanol–water partition coefficient (Wildman–Crippen LogP) is 3.32. The van der Waals surface area contributed by atoms with Gasteiger partial charge in [-0.1, -0.05) is 37.5 Å². The lowest BCUT2D eigenvalue weighted by atomic mass is 9.71. The van der Waals surface area contributed by atoms with E-state index in [1.165, 1.54) is 37.7 Å². The number of ether oxygens (including phenoxy) is 1. The molecule has 1 fully saturated rings. The van der Waals surface area contributed by atoms with Crippen molar-refractivity contribution in [1.82, 2.24) is 0 Å². The number of rotatable bonds is 3. The van der Waals surface area contributed by atoms with Crippen molar-refractivity contribution in [2.45, 2.75) is 51.0 Å². The van der Waals surface area contributed by atoms with E-state index in [1.807, 2.05) is 6.07 Å². The van der Waals surface area contributed by atoms with Gasteiger partial charge < -0.3 is 9.84 Å². The van der Waals surface area contributed by atoms with Crippen LogP contribution < -0.4 is 4.74 Å². The molecule has 2 nitrogen and oxygen atoms in total. The van der Waals surface area contributed by atoms with Gasteiger partial charge in [0.1, 0.15) is 11.9 Å². The van der Waals surface area contributed by atoms with Gasteiger partial charge in [-0.3, -0.25) is 0 Å². The molecule has 1 atom stereocenters. The normalized spacial score (nSPS) is 25.5. The van der Waals surface area contributed by atoms with E-state index < -0.39 is 0 Å². The van der Waals surface area contributed by atoms with E-state index in [9.17, 15) is 5.11 Å². The molecule has 0 saturated heterocycles. The van der Waals surface area contributed by atoms with Crippen LogP contribution in [0, 0.1) is 5.41 Å². The van der Waals surface area contributed by atoms with Gasteiger partial charge in [0.15, 0.2) is 0 Å². The van der Waals surface area contributed by atoms with E-state index in [0.717, 1.165) is 18.6 Å². The standard InChI is InChI=1S/C16H22O2/c17-12-16(8-4-1-5-9-16)11-14-10-13-6-2-3-7-15(13)18-14/h2-3,6-7,14,17H,1,4-5,8-12H2. The van der Waals surface area contributed by atoms with Crippen LogP contribution in [0.25, 0.3) is 0 Å². The zero-order valence-corrected chi connectivity index (χ0v) is 10.9. The van der Waals surface area contributed by atoms with E-state index in [-0.39, 0.29) is 11.5 Å². The van der Waals surface area contributed by atoms with E-state index in [2.05, 4.69) is 18.2 Å². The molecular formula is C16H22O2. The third-order valence-corrected chi connectivity index (χ3v) is 4.62. The van der Waals surface area contributed by atoms with Crippen LogP contribution in [-0.4, -0.2) is 17.8 Å². The number of aliphatic hydroxyl groups is 1. The fraction of sp³-hybridized carbons (Fsp3) is 0.625. The molecule has 98 valence electrons. The average molecular weight is 246 g/mol. The smallest absolute Gasteiger partial charge is 0.123 e. The summed E-state index contributed by atoms with van der Waals surface area (Å²) in [6, 6.07) is 8.32. The minimum atomic E-state index is 0.130. The minimum Gasteiger partial charge on any atom is -0.490 e. The molecule has 1 heterocycles. The number of hydrogen-bond donors (Lipinski definition) is 1. The van der Waals surface area contributed by atoms with Gasteiger partial charge in [-0.25, -0.2) is 0 Å². The number of fused-ring (bicyclic) bond motifs is 1. The molecule has 18 heavy (non-hydrogen) atoms. The summed E-state index contributed by atoms with van der Waals surface area (Å²) >= 11 is 0. The Kier molecular flexibility index (Phi) is 3.29. The molecule has 1 aliphatic carbocycles. The molecule has 0 bridgehead atoms. The van der Waals surface area contributed by atoms with E-state index >= 15 is 0 Å². The molecule has 1 aromatic rings. The summed E-state index contributed by atoms with van der Waals surface area (Å²) in [7, 11) is 0.